The van der Waals surface area contributed by atoms with Gasteiger partial charge in [-0.3, -0.25) is 28.6 Å². The molecule has 2 aliphatic heterocycles. The minimum Gasteiger partial charge on any atom is -0.379 e. The summed E-state index contributed by atoms with van der Waals surface area (Å²) < 4.78 is 47.5. The summed E-state index contributed by atoms with van der Waals surface area (Å²) >= 11 is 0. The number of rotatable bonds is 18. The van der Waals surface area contributed by atoms with Gasteiger partial charge in [0.1, 0.15) is 5.69 Å². The van der Waals surface area contributed by atoms with Crippen molar-refractivity contribution in [1.82, 2.24) is 45.1 Å². The molecule has 8 fully saturated rings. The first-order valence-corrected chi connectivity index (χ1v) is 54.8. The Bertz CT molecular complexity index is 4140. The summed E-state index contributed by atoms with van der Waals surface area (Å²) in [6.45, 7) is 79.6. The van der Waals surface area contributed by atoms with E-state index in [1.807, 2.05) is 31.2 Å². The number of benzene rings is 2. The first kappa shape index (κ1) is 110. The number of sulfonamides is 1. The Hall–Kier alpha value is -4.52. The molecule has 4 aromatic rings. The smallest absolute Gasteiger partial charge is 0.240 e. The minimum absolute atomic E-state index is 0.0504. The number of nitrogens with zero attached hydrogens (tertiary/aromatic N) is 6. The van der Waals surface area contributed by atoms with Crippen LogP contribution >= 0.6 is 0 Å². The number of nitrogens with one attached hydrogen (secondary N) is 3. The molecule has 17 heteroatoms. The van der Waals surface area contributed by atoms with Gasteiger partial charge < -0.3 is 15.4 Å². The number of aromatic nitrogens is 4. The van der Waals surface area contributed by atoms with Crippen molar-refractivity contribution in [2.45, 2.75) is 423 Å². The predicted octanol–water partition coefficient (Wildman–Crippen LogP) is 26.5. The normalized spacial score (nSPS) is 29.1. The van der Waals surface area contributed by atoms with Gasteiger partial charge in [0.25, 0.3) is 0 Å². The molecule has 8 aliphatic rings. The predicted molar refractivity (Wildman–Crippen MR) is 545 cm³/mol. The van der Waals surface area contributed by atoms with Crippen LogP contribution in [0.3, 0.4) is 0 Å². The maximum atomic E-state index is 12.5. The van der Waals surface area contributed by atoms with Crippen molar-refractivity contribution in [2.75, 3.05) is 50.9 Å². The van der Waals surface area contributed by atoms with E-state index in [0.717, 1.165) is 143 Å². The lowest BCUT2D eigenvalue weighted by Gasteiger charge is -2.54. The summed E-state index contributed by atoms with van der Waals surface area (Å²) in [5, 5.41) is 15.2. The van der Waals surface area contributed by atoms with Crippen molar-refractivity contribution in [3.63, 3.8) is 0 Å². The van der Waals surface area contributed by atoms with Crippen LogP contribution < -0.4 is 15.4 Å². The average molecular weight is 1810 g/mol. The van der Waals surface area contributed by atoms with E-state index in [9.17, 15) is 22.2 Å². The molecule has 0 spiro atoms. The Labute approximate surface area is 786 Å². The minimum atomic E-state index is -3.40. The molecule has 0 bridgehead atoms. The molecule has 2 aromatic heterocycles. The second-order valence-electron chi connectivity index (χ2n) is 49.4. The molecular weight excluding hydrogens is 1620 g/mol. The average Bonchev–Trinajstić information content (AvgIpc) is 1.14. The standard InChI is InChI=1S/C21H31N3.C20H32N2O.C19H31NO2S.C18H35NOS.C17H33NO.C16H31NO/c1-16(2)21(20(3,4)5)13-11-18(12-14-21)24-15-19(22-23-24)17-9-7-6-8-10-17;1-15(2)20(19(3,4)5)10-8-17(9-11-20)22-18(23)13-16-7-6-12-21-14-16;1-15(2)19(18(3,4)5)13-11-16(12-14-19)20-23(21,22)17-9-7-6-8-10-17;1-15(2)18(17(3,4)5)9-7-16(8-10-18)19-11-13-21(6,20)14-12-19;1-14(2)17(16(3,4)5)8-6-15(7-9-17)18-10-12-19-13-11-18;1-7-14(18)17-13-8-10-16(11-9-13,12(2)3)15(4,5)6/h6-10,15-16,18H,11-14H2,1-5H3;6-7,12,14-15,17H,8-11,13H2,1-5H3,(H,22,23);6-10,15-16,20H,11-14H2,1-5H3;15-16H,6-14H2,1-5H3;14-15H,6-13H2,1-5H3;12-13H,7-11H2,1-6H3,(H,17,18). The molecule has 730 valence electrons. The number of morpholine rings is 1. The van der Waals surface area contributed by atoms with Gasteiger partial charge in [0.15, 0.2) is 0 Å². The Kier molecular flexibility index (Phi) is 39.6. The van der Waals surface area contributed by atoms with Crippen LogP contribution in [0.4, 0.5) is 0 Å². The summed E-state index contributed by atoms with van der Waals surface area (Å²) in [5.74, 6) is 10.1. The zero-order valence-corrected chi connectivity index (χ0v) is 89.4. The first-order valence-electron chi connectivity index (χ1n) is 51.2. The van der Waals surface area contributed by atoms with Gasteiger partial charge in [0.2, 0.25) is 21.8 Å². The largest absolute Gasteiger partial charge is 0.379 e. The van der Waals surface area contributed by atoms with Gasteiger partial charge >= 0.3 is 0 Å². The van der Waals surface area contributed by atoms with Gasteiger partial charge in [-0.05, 0) is 294 Å². The van der Waals surface area contributed by atoms with E-state index in [2.05, 4.69) is 289 Å². The van der Waals surface area contributed by atoms with Gasteiger partial charge in [-0.2, -0.15) is 0 Å². The highest BCUT2D eigenvalue weighted by Crippen LogP contribution is 2.61. The lowest BCUT2D eigenvalue weighted by Crippen LogP contribution is -2.51. The van der Waals surface area contributed by atoms with Gasteiger partial charge in [0.05, 0.1) is 36.8 Å². The summed E-state index contributed by atoms with van der Waals surface area (Å²) in [5.41, 5.74) is 7.74. The fraction of sp³-hybridized carbons (Fsp3) is 0.802. The van der Waals surface area contributed by atoms with Crippen molar-refractivity contribution < 1.29 is 27.0 Å². The molecule has 2 amide bonds. The van der Waals surface area contributed by atoms with E-state index in [1.165, 1.54) is 103 Å². The molecule has 15 nitrogen and oxygen atoms in total. The van der Waals surface area contributed by atoms with Gasteiger partial charge in [-0.25, -0.2) is 17.8 Å². The number of carbonyl (C=O) groups excluding carboxylic acids is 2. The maximum absolute atomic E-state index is 12.5. The topological polar surface area (TPSA) is 181 Å². The van der Waals surface area contributed by atoms with E-state index in [1.54, 1.807) is 36.7 Å². The van der Waals surface area contributed by atoms with E-state index < -0.39 is 19.5 Å². The lowest BCUT2D eigenvalue weighted by molar-refractivity contribution is -0.123. The van der Waals surface area contributed by atoms with Crippen molar-refractivity contribution >= 4 is 37.2 Å². The highest BCUT2D eigenvalue weighted by molar-refractivity contribution is 8.00. The van der Waals surface area contributed by atoms with Crippen molar-refractivity contribution in [3.8, 4) is 11.3 Å². The maximum Gasteiger partial charge on any atom is 0.240 e. The molecule has 0 atom stereocenters. The van der Waals surface area contributed by atoms with Gasteiger partial charge in [-0.15, -0.1) is 5.10 Å². The summed E-state index contributed by atoms with van der Waals surface area (Å²) in [6.07, 6.45) is 35.8. The van der Waals surface area contributed by atoms with Crippen LogP contribution in [0.25, 0.3) is 11.3 Å². The Balaban J connectivity index is 0.000000211. The molecule has 2 saturated heterocycles. The molecule has 6 aliphatic carbocycles. The zero-order chi connectivity index (χ0) is 95.7. The molecule has 0 unspecified atom stereocenters. The number of hydrogen-bond donors (Lipinski definition) is 3. The number of pyridine rings is 1. The fourth-order valence-corrected chi connectivity index (χ4v) is 29.4. The number of amides is 2. The molecule has 6 saturated carbocycles. The van der Waals surface area contributed by atoms with Crippen LogP contribution in [0, 0.1) is 100 Å². The van der Waals surface area contributed by atoms with Crippen molar-refractivity contribution in [3.05, 3.63) is 97.0 Å². The molecule has 0 radical (unpaired) electrons. The Morgan fingerprint density at radius 1 is 0.445 bits per heavy atom. The molecule has 3 N–H and O–H groups in total. The van der Waals surface area contributed by atoms with Gasteiger partial charge in [-0.1, -0.05) is 274 Å². The molecule has 128 heavy (non-hydrogen) atoms. The highest BCUT2D eigenvalue weighted by Gasteiger charge is 2.53. The SMILES string of the molecule is C=S1(=O)CCN(C2CCC(C(C)C)(C(C)(C)C)CC2)CC1.CC(C)C1(C(C)(C)C)CCC(N2CCOCC2)CC1.CC(C)C1(C(C)(C)C)CCC(NC(=O)Cc2cccnc2)CC1.CC(C)C1(C(C)(C)C)CCC(NS(=O)(=O)c2ccccc2)CC1.CC(C)C1(C(C)(C)C)CCC(n2cc(-c3ccccc3)nn2)CC1.CCC(=O)NC1CCC(C(C)C)(C(C)(C)C)CC1. The summed E-state index contributed by atoms with van der Waals surface area (Å²) in [4.78, 5) is 33.4. The second kappa shape index (κ2) is 45.9. The zero-order valence-electron chi connectivity index (χ0n) is 87.8. The lowest BCUT2D eigenvalue weighted by atomic mass is 9.54. The van der Waals surface area contributed by atoms with Crippen molar-refractivity contribution in [2.24, 2.45) is 100 Å². The fourth-order valence-electron chi connectivity index (χ4n) is 26.8. The summed E-state index contributed by atoms with van der Waals surface area (Å²) in [6, 6.07) is 25.6. The number of ether oxygens (including phenoxy) is 1. The number of carbonyl (C=O) groups is 2. The van der Waals surface area contributed by atoms with Crippen LogP contribution in [0.5, 0.6) is 0 Å². The Morgan fingerprint density at radius 3 is 1.09 bits per heavy atom. The highest BCUT2D eigenvalue weighted by atomic mass is 32.2. The van der Waals surface area contributed by atoms with E-state index in [0.29, 0.717) is 119 Å². The quantitative estimate of drug-likeness (QED) is 0.0807. The first-order chi connectivity index (χ1) is 59.3. The van der Waals surface area contributed by atoms with Gasteiger partial charge in [0, 0.05) is 92.3 Å². The Morgan fingerprint density at radius 2 is 0.766 bits per heavy atom. The van der Waals surface area contributed by atoms with E-state index in [4.69, 9.17) is 4.74 Å². The van der Waals surface area contributed by atoms with E-state index in [-0.39, 0.29) is 23.3 Å². The number of hydrogen-bond acceptors (Lipinski definition) is 11. The van der Waals surface area contributed by atoms with Crippen LogP contribution in [-0.4, -0.2) is 141 Å². The molecule has 12 rings (SSSR count). The van der Waals surface area contributed by atoms with Crippen LogP contribution in [0.1, 0.15) is 387 Å². The van der Waals surface area contributed by atoms with Crippen LogP contribution in [0.2, 0.25) is 0 Å². The monoisotopic (exact) mass is 1810 g/mol. The van der Waals surface area contributed by atoms with E-state index >= 15 is 0 Å². The third kappa shape index (κ3) is 27.9. The molecular formula is C111H193N9O6S2. The van der Waals surface area contributed by atoms with Crippen LogP contribution in [-0.2, 0) is 40.3 Å². The summed E-state index contributed by atoms with van der Waals surface area (Å²) in [7, 11) is -5.16. The molecule has 4 heterocycles. The van der Waals surface area contributed by atoms with Crippen LogP contribution in [0.15, 0.2) is 96.3 Å². The third-order valence-electron chi connectivity index (χ3n) is 35.8. The molecule has 2 aromatic carbocycles. The van der Waals surface area contributed by atoms with Crippen molar-refractivity contribution in [1.29, 1.82) is 0 Å². The third-order valence-corrected chi connectivity index (χ3v) is 39.2. The second-order valence-corrected chi connectivity index (χ2v) is 53.8.